The Labute approximate surface area is 131 Å². The van der Waals surface area contributed by atoms with Crippen molar-refractivity contribution in [2.24, 2.45) is 0 Å². The van der Waals surface area contributed by atoms with Crippen LogP contribution < -0.4 is 9.04 Å². The van der Waals surface area contributed by atoms with Crippen molar-refractivity contribution in [1.82, 2.24) is 0 Å². The number of hydrogen-bond donors (Lipinski definition) is 1. The lowest BCUT2D eigenvalue weighted by Crippen LogP contribution is -2.38. The van der Waals surface area contributed by atoms with Gasteiger partial charge in [0.05, 0.1) is 12.7 Å². The molecule has 0 aromatic heterocycles. The zero-order valence-corrected chi connectivity index (χ0v) is 13.9. The summed E-state index contributed by atoms with van der Waals surface area (Å²) in [7, 11) is -0.400. The Bertz CT molecular complexity index is 608. The molecule has 0 saturated carbocycles. The van der Waals surface area contributed by atoms with Gasteiger partial charge in [-0.25, -0.2) is 13.8 Å². The first-order chi connectivity index (χ1) is 10.1. The molecule has 0 aliphatic rings. The highest BCUT2D eigenvalue weighted by atomic mass is 32.2. The maximum Gasteiger partial charge on any atom is 0.427 e. The highest BCUT2D eigenvalue weighted by molar-refractivity contribution is 7.86. The van der Waals surface area contributed by atoms with Crippen molar-refractivity contribution >= 4 is 28.7 Å². The molecule has 1 aromatic carbocycles. The fourth-order valence-electron chi connectivity index (χ4n) is 1.63. The fourth-order valence-corrected chi connectivity index (χ4v) is 2.29. The summed E-state index contributed by atoms with van der Waals surface area (Å²) in [4.78, 5) is 23.4. The Morgan fingerprint density at radius 2 is 1.86 bits per heavy atom. The number of nitrogens with zero attached hydrogens (tertiary/aromatic N) is 1. The molecule has 1 amide bonds. The number of rotatable bonds is 4. The van der Waals surface area contributed by atoms with Crippen LogP contribution >= 0.6 is 0 Å². The van der Waals surface area contributed by atoms with E-state index in [0.717, 1.165) is 4.31 Å². The number of anilines is 1. The average molecular weight is 329 g/mol. The van der Waals surface area contributed by atoms with Gasteiger partial charge in [-0.1, -0.05) is 0 Å². The lowest BCUT2D eigenvalue weighted by atomic mass is 10.2. The maximum absolute atomic E-state index is 12.3. The second kappa shape index (κ2) is 6.78. The van der Waals surface area contributed by atoms with Gasteiger partial charge in [-0.2, -0.15) is 4.31 Å². The maximum atomic E-state index is 12.3. The molecule has 0 aliphatic heterocycles. The Balaban J connectivity index is 3.37. The van der Waals surface area contributed by atoms with E-state index in [0.29, 0.717) is 0 Å². The molecule has 0 bridgehead atoms. The topological polar surface area (TPSA) is 93.1 Å². The van der Waals surface area contributed by atoms with Crippen LogP contribution in [0.3, 0.4) is 0 Å². The van der Waals surface area contributed by atoms with E-state index in [1.165, 1.54) is 31.6 Å². The van der Waals surface area contributed by atoms with E-state index in [4.69, 9.17) is 14.6 Å². The third-order valence-electron chi connectivity index (χ3n) is 2.46. The number of carbonyl (C=O) groups excluding carboxylic acids is 1. The molecule has 1 unspecified atom stereocenters. The van der Waals surface area contributed by atoms with E-state index in [-0.39, 0.29) is 17.0 Å². The molecule has 0 spiro atoms. The van der Waals surface area contributed by atoms with E-state index < -0.39 is 28.6 Å². The van der Waals surface area contributed by atoms with Crippen molar-refractivity contribution < 1.29 is 28.4 Å². The zero-order valence-electron chi connectivity index (χ0n) is 13.1. The van der Waals surface area contributed by atoms with Crippen LogP contribution in [0.5, 0.6) is 5.75 Å². The molecule has 0 fully saturated rings. The summed E-state index contributed by atoms with van der Waals surface area (Å²) in [6, 6.07) is 3.94. The fraction of sp³-hybridized carbons (Fsp3) is 0.429. The number of ether oxygens (including phenoxy) is 2. The van der Waals surface area contributed by atoms with Gasteiger partial charge in [-0.05, 0) is 39.0 Å². The van der Waals surface area contributed by atoms with Crippen LogP contribution in [0.1, 0.15) is 31.1 Å². The lowest BCUT2D eigenvalue weighted by Gasteiger charge is -2.26. The first-order valence-electron chi connectivity index (χ1n) is 6.35. The van der Waals surface area contributed by atoms with Gasteiger partial charge >= 0.3 is 12.1 Å². The average Bonchev–Trinajstić information content (AvgIpc) is 2.35. The minimum atomic E-state index is -1.77. The summed E-state index contributed by atoms with van der Waals surface area (Å²) in [5.74, 6) is -0.957. The van der Waals surface area contributed by atoms with Gasteiger partial charge in [-0.15, -0.1) is 0 Å². The van der Waals surface area contributed by atoms with Gasteiger partial charge in [0.15, 0.2) is 0 Å². The van der Waals surface area contributed by atoms with Crippen LogP contribution in [0.4, 0.5) is 10.5 Å². The molecular formula is C14H19NO6S. The van der Waals surface area contributed by atoms with Crippen molar-refractivity contribution in [2.45, 2.75) is 26.4 Å². The standard InChI is InChI=1S/C14H19NO6S/c1-14(2,3)21-13(18)15(22(5)19)10-8-9(12(16)17)6-7-11(10)20-4/h6-8H,1-5H3,(H,16,17). The quantitative estimate of drug-likeness (QED) is 0.912. The Morgan fingerprint density at radius 3 is 2.27 bits per heavy atom. The number of benzene rings is 1. The molecule has 0 radical (unpaired) electrons. The van der Waals surface area contributed by atoms with Gasteiger partial charge in [0.2, 0.25) is 0 Å². The third kappa shape index (κ3) is 4.45. The minimum Gasteiger partial charge on any atom is -0.495 e. The SMILES string of the molecule is COc1ccc(C(=O)O)cc1N(C(=O)OC(C)(C)C)S(C)=O. The van der Waals surface area contributed by atoms with E-state index in [1.54, 1.807) is 20.8 Å². The van der Waals surface area contributed by atoms with Crippen molar-refractivity contribution in [3.63, 3.8) is 0 Å². The molecule has 1 aromatic rings. The predicted octanol–water partition coefficient (Wildman–Crippen LogP) is 2.43. The van der Waals surface area contributed by atoms with Crippen molar-refractivity contribution in [3.05, 3.63) is 23.8 Å². The number of carbonyl (C=O) groups is 2. The zero-order chi connectivity index (χ0) is 17.1. The van der Waals surface area contributed by atoms with Crippen molar-refractivity contribution in [2.75, 3.05) is 17.7 Å². The van der Waals surface area contributed by atoms with Crippen molar-refractivity contribution in [1.29, 1.82) is 0 Å². The molecule has 22 heavy (non-hydrogen) atoms. The molecule has 8 heteroatoms. The summed E-state index contributed by atoms with van der Waals surface area (Å²) >= 11 is 0. The largest absolute Gasteiger partial charge is 0.495 e. The smallest absolute Gasteiger partial charge is 0.427 e. The van der Waals surface area contributed by atoms with Gasteiger partial charge < -0.3 is 14.6 Å². The Kier molecular flexibility index (Phi) is 5.54. The Morgan fingerprint density at radius 1 is 1.27 bits per heavy atom. The monoisotopic (exact) mass is 329 g/mol. The number of aromatic carboxylic acids is 1. The predicted molar refractivity (Wildman–Crippen MR) is 82.7 cm³/mol. The second-order valence-corrected chi connectivity index (χ2v) is 6.60. The normalized spacial score (nSPS) is 12.4. The number of carboxylic acid groups (broad SMARTS) is 1. The van der Waals surface area contributed by atoms with Crippen molar-refractivity contribution in [3.8, 4) is 5.75 Å². The van der Waals surface area contributed by atoms with E-state index in [9.17, 15) is 13.8 Å². The van der Waals surface area contributed by atoms with Crippen LogP contribution in [0, 0.1) is 0 Å². The minimum absolute atomic E-state index is 0.0604. The molecule has 0 aliphatic carbocycles. The van der Waals surface area contributed by atoms with E-state index in [1.807, 2.05) is 0 Å². The molecule has 1 rings (SSSR count). The molecular weight excluding hydrogens is 310 g/mol. The molecule has 7 nitrogen and oxygen atoms in total. The first-order valence-corrected chi connectivity index (χ1v) is 7.86. The highest BCUT2D eigenvalue weighted by Crippen LogP contribution is 2.31. The summed E-state index contributed by atoms with van der Waals surface area (Å²) in [5.41, 5.74) is -0.779. The van der Waals surface area contributed by atoms with Crippen LogP contribution in [-0.4, -0.2) is 40.3 Å². The van der Waals surface area contributed by atoms with Gasteiger partial charge in [0.25, 0.3) is 0 Å². The number of hydrogen-bond acceptors (Lipinski definition) is 5. The van der Waals surface area contributed by atoms with E-state index in [2.05, 4.69) is 0 Å². The molecule has 0 saturated heterocycles. The lowest BCUT2D eigenvalue weighted by molar-refractivity contribution is 0.0607. The van der Waals surface area contributed by atoms with Crippen LogP contribution in [-0.2, 0) is 15.7 Å². The molecule has 1 N–H and O–H groups in total. The number of carboxylic acids is 1. The summed E-state index contributed by atoms with van der Waals surface area (Å²) in [6.07, 6.45) is 0.436. The van der Waals surface area contributed by atoms with Gasteiger partial charge in [0.1, 0.15) is 28.0 Å². The first kappa shape index (κ1) is 18.0. The van der Waals surface area contributed by atoms with Gasteiger partial charge in [-0.3, -0.25) is 0 Å². The molecule has 1 atom stereocenters. The third-order valence-corrected chi connectivity index (χ3v) is 3.32. The highest BCUT2D eigenvalue weighted by Gasteiger charge is 2.29. The van der Waals surface area contributed by atoms with Gasteiger partial charge in [0, 0.05) is 6.26 Å². The van der Waals surface area contributed by atoms with Crippen LogP contribution in [0.15, 0.2) is 18.2 Å². The second-order valence-electron chi connectivity index (χ2n) is 5.39. The Hall–Kier alpha value is -2.09. The van der Waals surface area contributed by atoms with Crippen LogP contribution in [0.25, 0.3) is 0 Å². The number of methoxy groups -OCH3 is 1. The van der Waals surface area contributed by atoms with E-state index >= 15 is 0 Å². The number of amides is 1. The van der Waals surface area contributed by atoms with Crippen LogP contribution in [0.2, 0.25) is 0 Å². The summed E-state index contributed by atoms with van der Waals surface area (Å²) < 4.78 is 23.1. The summed E-state index contributed by atoms with van der Waals surface area (Å²) in [5, 5.41) is 9.07. The molecule has 0 heterocycles. The summed E-state index contributed by atoms with van der Waals surface area (Å²) in [6.45, 7) is 5.02. The molecule has 122 valence electrons.